The summed E-state index contributed by atoms with van der Waals surface area (Å²) in [6.45, 7) is 7.62. The van der Waals surface area contributed by atoms with Crippen LogP contribution in [0.4, 0.5) is 17.5 Å². The standard InChI is InChI=1S/C12H19N5O3/c1-4-13-12-14-5-10(17(18)19)11(15-12)16-6-8(2)20-9(3)7-16/h5,8-9H,4,6-7H2,1-3H3,(H,13,14,15)/t8-,9+. The highest BCUT2D eigenvalue weighted by Crippen LogP contribution is 2.28. The lowest BCUT2D eigenvalue weighted by molar-refractivity contribution is -0.384. The molecule has 1 aliphatic rings. The fourth-order valence-corrected chi connectivity index (χ4v) is 2.32. The minimum Gasteiger partial charge on any atom is -0.372 e. The van der Waals surface area contributed by atoms with Gasteiger partial charge in [-0.1, -0.05) is 0 Å². The maximum Gasteiger partial charge on any atom is 0.329 e. The summed E-state index contributed by atoms with van der Waals surface area (Å²) < 4.78 is 5.65. The van der Waals surface area contributed by atoms with Crippen molar-refractivity contribution in [2.75, 3.05) is 29.9 Å². The molecule has 2 rings (SSSR count). The fourth-order valence-electron chi connectivity index (χ4n) is 2.32. The third-order valence-electron chi connectivity index (χ3n) is 3.00. The van der Waals surface area contributed by atoms with Crippen LogP contribution in [-0.4, -0.2) is 46.7 Å². The SMILES string of the molecule is CCNc1ncc([N+](=O)[O-])c(N2C[C@@H](C)O[C@@H](C)C2)n1. The molecule has 0 spiro atoms. The van der Waals surface area contributed by atoms with E-state index >= 15 is 0 Å². The van der Waals surface area contributed by atoms with Crippen molar-refractivity contribution in [3.63, 3.8) is 0 Å². The molecule has 0 unspecified atom stereocenters. The number of ether oxygens (including phenoxy) is 1. The second-order valence-corrected chi connectivity index (χ2v) is 4.85. The van der Waals surface area contributed by atoms with Gasteiger partial charge < -0.3 is 15.0 Å². The second-order valence-electron chi connectivity index (χ2n) is 4.85. The monoisotopic (exact) mass is 281 g/mol. The zero-order valence-corrected chi connectivity index (χ0v) is 11.9. The lowest BCUT2D eigenvalue weighted by Gasteiger charge is -2.35. The molecule has 1 aromatic rings. The van der Waals surface area contributed by atoms with E-state index in [1.54, 1.807) is 0 Å². The number of nitro groups is 1. The maximum atomic E-state index is 11.1. The van der Waals surface area contributed by atoms with Gasteiger partial charge in [-0.3, -0.25) is 10.1 Å². The van der Waals surface area contributed by atoms with Crippen molar-refractivity contribution in [2.24, 2.45) is 0 Å². The Morgan fingerprint density at radius 3 is 2.70 bits per heavy atom. The summed E-state index contributed by atoms with van der Waals surface area (Å²) in [6.07, 6.45) is 1.28. The average molecular weight is 281 g/mol. The predicted molar refractivity (Wildman–Crippen MR) is 75.1 cm³/mol. The molecule has 0 aromatic carbocycles. The van der Waals surface area contributed by atoms with Gasteiger partial charge in [-0.15, -0.1) is 0 Å². The smallest absolute Gasteiger partial charge is 0.329 e. The summed E-state index contributed by atoms with van der Waals surface area (Å²) in [7, 11) is 0. The van der Waals surface area contributed by atoms with Crippen molar-refractivity contribution in [3.05, 3.63) is 16.3 Å². The van der Waals surface area contributed by atoms with E-state index < -0.39 is 4.92 Å². The molecule has 8 heteroatoms. The van der Waals surface area contributed by atoms with E-state index in [1.165, 1.54) is 6.20 Å². The fraction of sp³-hybridized carbons (Fsp3) is 0.667. The van der Waals surface area contributed by atoms with Crippen LogP contribution >= 0.6 is 0 Å². The van der Waals surface area contributed by atoms with Crippen LogP contribution in [0, 0.1) is 10.1 Å². The zero-order valence-electron chi connectivity index (χ0n) is 11.9. The summed E-state index contributed by atoms with van der Waals surface area (Å²) in [6, 6.07) is 0. The van der Waals surface area contributed by atoms with Gasteiger partial charge in [0.05, 0.1) is 17.1 Å². The van der Waals surface area contributed by atoms with Gasteiger partial charge in [0.25, 0.3) is 0 Å². The molecule has 2 heterocycles. The highest BCUT2D eigenvalue weighted by atomic mass is 16.6. The molecule has 110 valence electrons. The third-order valence-corrected chi connectivity index (χ3v) is 3.00. The van der Waals surface area contributed by atoms with Crippen LogP contribution in [0.2, 0.25) is 0 Å². The Morgan fingerprint density at radius 1 is 1.50 bits per heavy atom. The van der Waals surface area contributed by atoms with Crippen LogP contribution in [0.25, 0.3) is 0 Å². The molecule has 1 aliphatic heterocycles. The quantitative estimate of drug-likeness (QED) is 0.659. The maximum absolute atomic E-state index is 11.1. The lowest BCUT2D eigenvalue weighted by Crippen LogP contribution is -2.46. The molecule has 1 saturated heterocycles. The molecule has 0 radical (unpaired) electrons. The first-order valence-electron chi connectivity index (χ1n) is 6.67. The van der Waals surface area contributed by atoms with Crippen LogP contribution in [0.1, 0.15) is 20.8 Å². The van der Waals surface area contributed by atoms with E-state index in [0.717, 1.165) is 0 Å². The summed E-state index contributed by atoms with van der Waals surface area (Å²) in [4.78, 5) is 20.8. The van der Waals surface area contributed by atoms with Crippen molar-refractivity contribution in [1.82, 2.24) is 9.97 Å². The van der Waals surface area contributed by atoms with Crippen molar-refractivity contribution < 1.29 is 9.66 Å². The molecule has 1 N–H and O–H groups in total. The zero-order chi connectivity index (χ0) is 14.7. The molecule has 1 aromatic heterocycles. The number of aromatic nitrogens is 2. The first kappa shape index (κ1) is 14.4. The van der Waals surface area contributed by atoms with Crippen molar-refractivity contribution >= 4 is 17.5 Å². The topological polar surface area (TPSA) is 93.4 Å². The van der Waals surface area contributed by atoms with Crippen molar-refractivity contribution in [2.45, 2.75) is 33.0 Å². The largest absolute Gasteiger partial charge is 0.372 e. The number of nitrogens with one attached hydrogen (secondary N) is 1. The van der Waals surface area contributed by atoms with Crippen LogP contribution in [0.5, 0.6) is 0 Å². The molecular weight excluding hydrogens is 262 g/mol. The number of hydrogen-bond acceptors (Lipinski definition) is 7. The molecule has 0 amide bonds. The van der Waals surface area contributed by atoms with Gasteiger partial charge in [0, 0.05) is 19.6 Å². The number of hydrogen-bond donors (Lipinski definition) is 1. The van der Waals surface area contributed by atoms with E-state index in [9.17, 15) is 10.1 Å². The molecular formula is C12H19N5O3. The lowest BCUT2D eigenvalue weighted by atomic mass is 10.2. The number of anilines is 2. The van der Waals surface area contributed by atoms with Gasteiger partial charge in [0.1, 0.15) is 6.20 Å². The van der Waals surface area contributed by atoms with Gasteiger partial charge in [-0.25, -0.2) is 4.98 Å². The first-order chi connectivity index (χ1) is 9.51. The van der Waals surface area contributed by atoms with E-state index in [2.05, 4.69) is 15.3 Å². The number of nitrogens with zero attached hydrogens (tertiary/aromatic N) is 4. The molecule has 20 heavy (non-hydrogen) atoms. The van der Waals surface area contributed by atoms with Crippen LogP contribution in [0.15, 0.2) is 6.20 Å². The number of morpholine rings is 1. The minimum absolute atomic E-state index is 0.0101. The van der Waals surface area contributed by atoms with Crippen LogP contribution in [0.3, 0.4) is 0 Å². The number of rotatable bonds is 4. The van der Waals surface area contributed by atoms with E-state index in [-0.39, 0.29) is 17.9 Å². The molecule has 0 saturated carbocycles. The van der Waals surface area contributed by atoms with E-state index in [0.29, 0.717) is 31.4 Å². The minimum atomic E-state index is -0.449. The van der Waals surface area contributed by atoms with E-state index in [4.69, 9.17) is 4.74 Å². The molecule has 0 aliphatic carbocycles. The Bertz CT molecular complexity index is 486. The van der Waals surface area contributed by atoms with Gasteiger partial charge in [-0.05, 0) is 20.8 Å². The molecule has 0 bridgehead atoms. The van der Waals surface area contributed by atoms with Crippen LogP contribution < -0.4 is 10.2 Å². The van der Waals surface area contributed by atoms with E-state index in [1.807, 2.05) is 25.7 Å². The van der Waals surface area contributed by atoms with Gasteiger partial charge in [0.15, 0.2) is 0 Å². The Balaban J connectivity index is 2.35. The highest BCUT2D eigenvalue weighted by molar-refractivity contribution is 5.59. The highest BCUT2D eigenvalue weighted by Gasteiger charge is 2.29. The summed E-state index contributed by atoms with van der Waals surface area (Å²) in [5.74, 6) is 0.753. The molecule has 2 atom stereocenters. The summed E-state index contributed by atoms with van der Waals surface area (Å²) in [5, 5.41) is 14.1. The summed E-state index contributed by atoms with van der Waals surface area (Å²) in [5.41, 5.74) is -0.0760. The Morgan fingerprint density at radius 2 is 2.15 bits per heavy atom. The van der Waals surface area contributed by atoms with Crippen molar-refractivity contribution in [3.8, 4) is 0 Å². The Hall–Kier alpha value is -1.96. The average Bonchev–Trinajstić information content (AvgIpc) is 2.37. The first-order valence-corrected chi connectivity index (χ1v) is 6.67. The van der Waals surface area contributed by atoms with Crippen LogP contribution in [-0.2, 0) is 4.74 Å². The second kappa shape index (κ2) is 6.00. The van der Waals surface area contributed by atoms with Gasteiger partial charge in [0.2, 0.25) is 11.8 Å². The van der Waals surface area contributed by atoms with Crippen molar-refractivity contribution in [1.29, 1.82) is 0 Å². The van der Waals surface area contributed by atoms with Gasteiger partial charge in [-0.2, -0.15) is 4.98 Å². The normalized spacial score (nSPS) is 22.6. The molecule has 8 nitrogen and oxygen atoms in total. The Kier molecular flexibility index (Phi) is 4.33. The predicted octanol–water partition coefficient (Wildman–Crippen LogP) is 1.43. The third kappa shape index (κ3) is 3.13. The Labute approximate surface area is 117 Å². The molecule has 1 fully saturated rings. The van der Waals surface area contributed by atoms with Gasteiger partial charge >= 0.3 is 5.69 Å². The summed E-state index contributed by atoms with van der Waals surface area (Å²) >= 11 is 0.